The molecule has 0 saturated heterocycles. The number of benzene rings is 2. The van der Waals surface area contributed by atoms with E-state index in [0.717, 1.165) is 89.5 Å². The third-order valence-corrected chi connectivity index (χ3v) is 14.1. The van der Waals surface area contributed by atoms with Crippen LogP contribution in [-0.2, 0) is 9.59 Å². The molecule has 0 radical (unpaired) electrons. The lowest BCUT2D eigenvalue weighted by molar-refractivity contribution is -0.125. The maximum Gasteiger partial charge on any atom is 0.262 e. The van der Waals surface area contributed by atoms with E-state index in [1.807, 2.05) is 21.9 Å². The minimum atomic E-state index is -0.273. The highest BCUT2D eigenvalue weighted by Gasteiger charge is 2.54. The van der Waals surface area contributed by atoms with E-state index in [-0.39, 0.29) is 23.9 Å². The van der Waals surface area contributed by atoms with Crippen molar-refractivity contribution in [2.45, 2.75) is 90.1 Å². The first kappa shape index (κ1) is 35.7. The molecule has 2 atom stereocenters. The molecule has 4 heterocycles. The molecule has 266 valence electrons. The molecule has 4 aromatic rings. The van der Waals surface area contributed by atoms with E-state index in [0.29, 0.717) is 11.1 Å². The molecule has 0 spiro atoms. The second kappa shape index (κ2) is 15.2. The SMILES string of the molecule is CCCCCCC1=Cc2ccccc2C1N1C(=O)C2=C(c3ccc(Br)s3)N(C3C(CCCCCC)=Cc4ccccc43)C(=O)C2=C1c1ccc(Br)s1. The molecule has 8 heteroatoms. The molecule has 4 nitrogen and oxygen atoms in total. The smallest absolute Gasteiger partial charge is 0.262 e. The number of halogens is 2. The van der Waals surface area contributed by atoms with E-state index < -0.39 is 0 Å². The molecule has 0 N–H and O–H groups in total. The van der Waals surface area contributed by atoms with Crippen molar-refractivity contribution in [2.75, 3.05) is 0 Å². The van der Waals surface area contributed by atoms with Gasteiger partial charge in [-0.3, -0.25) is 19.4 Å². The van der Waals surface area contributed by atoms with E-state index in [2.05, 4.69) is 119 Å². The Morgan fingerprint density at radius 1 is 0.558 bits per heavy atom. The van der Waals surface area contributed by atoms with Crippen molar-refractivity contribution in [3.8, 4) is 0 Å². The maximum atomic E-state index is 15.6. The number of rotatable bonds is 14. The highest BCUT2D eigenvalue weighted by Crippen LogP contribution is 2.57. The molecule has 2 unspecified atom stereocenters. The molecule has 0 saturated carbocycles. The molecule has 4 aliphatic rings. The molecular weight excluding hydrogens is 812 g/mol. The van der Waals surface area contributed by atoms with Crippen LogP contribution >= 0.6 is 54.5 Å². The van der Waals surface area contributed by atoms with Crippen molar-refractivity contribution in [2.24, 2.45) is 0 Å². The summed E-state index contributed by atoms with van der Waals surface area (Å²) in [5.41, 5.74) is 9.58. The third-order valence-electron chi connectivity index (χ3n) is 10.8. The van der Waals surface area contributed by atoms with Gasteiger partial charge in [-0.1, -0.05) is 113 Å². The van der Waals surface area contributed by atoms with Crippen LogP contribution in [-0.4, -0.2) is 21.6 Å². The molecule has 2 amide bonds. The predicted octanol–water partition coefficient (Wildman–Crippen LogP) is 13.4. The Morgan fingerprint density at radius 2 is 0.981 bits per heavy atom. The molecule has 52 heavy (non-hydrogen) atoms. The molecule has 2 aromatic carbocycles. The Morgan fingerprint density at radius 3 is 1.37 bits per heavy atom. The van der Waals surface area contributed by atoms with Crippen molar-refractivity contribution in [3.05, 3.63) is 135 Å². The highest BCUT2D eigenvalue weighted by atomic mass is 79.9. The molecular formula is C44H42Br2N2O2S2. The van der Waals surface area contributed by atoms with Gasteiger partial charge in [-0.2, -0.15) is 0 Å². The number of fused-ring (bicyclic) bond motifs is 3. The number of nitrogens with zero attached hydrogens (tertiary/aromatic N) is 2. The summed E-state index contributed by atoms with van der Waals surface area (Å²) in [4.78, 5) is 36.9. The van der Waals surface area contributed by atoms with Gasteiger partial charge < -0.3 is 0 Å². The zero-order valence-corrected chi connectivity index (χ0v) is 34.4. The topological polar surface area (TPSA) is 40.6 Å². The lowest BCUT2D eigenvalue weighted by Crippen LogP contribution is -2.34. The minimum absolute atomic E-state index is 0.0918. The first-order valence-corrected chi connectivity index (χ1v) is 21.9. The normalized spacial score (nSPS) is 19.2. The van der Waals surface area contributed by atoms with E-state index in [1.54, 1.807) is 22.7 Å². The molecule has 0 bridgehead atoms. The van der Waals surface area contributed by atoms with E-state index in [9.17, 15) is 0 Å². The Bertz CT molecular complexity index is 2030. The minimum Gasteiger partial charge on any atom is -0.295 e. The van der Waals surface area contributed by atoms with E-state index in [1.165, 1.54) is 36.8 Å². The van der Waals surface area contributed by atoms with Gasteiger partial charge in [-0.05, 0) is 115 Å². The summed E-state index contributed by atoms with van der Waals surface area (Å²) in [5, 5.41) is 0. The van der Waals surface area contributed by atoms with Crippen LogP contribution in [0.3, 0.4) is 0 Å². The number of amides is 2. The summed E-state index contributed by atoms with van der Waals surface area (Å²) in [6, 6.07) is 24.6. The Labute approximate surface area is 331 Å². The van der Waals surface area contributed by atoms with Crippen molar-refractivity contribution >= 4 is 89.9 Å². The van der Waals surface area contributed by atoms with Crippen LogP contribution in [0.15, 0.2) is 103 Å². The van der Waals surface area contributed by atoms with Crippen molar-refractivity contribution < 1.29 is 9.59 Å². The fourth-order valence-electron chi connectivity index (χ4n) is 8.48. The summed E-state index contributed by atoms with van der Waals surface area (Å²) in [5.74, 6) is -0.184. The van der Waals surface area contributed by atoms with Gasteiger partial charge in [0.05, 0.1) is 52.0 Å². The predicted molar refractivity (Wildman–Crippen MR) is 223 cm³/mol. The first-order chi connectivity index (χ1) is 25.4. The van der Waals surface area contributed by atoms with Gasteiger partial charge in [-0.15, -0.1) is 22.7 Å². The molecule has 2 aliphatic heterocycles. The number of unbranched alkanes of at least 4 members (excludes halogenated alkanes) is 6. The van der Waals surface area contributed by atoms with Gasteiger partial charge in [0.25, 0.3) is 11.8 Å². The summed E-state index contributed by atoms with van der Waals surface area (Å²) in [6.07, 6.45) is 15.6. The second-order valence-electron chi connectivity index (χ2n) is 14.1. The highest BCUT2D eigenvalue weighted by molar-refractivity contribution is 9.11. The van der Waals surface area contributed by atoms with E-state index >= 15 is 9.59 Å². The first-order valence-electron chi connectivity index (χ1n) is 18.7. The van der Waals surface area contributed by atoms with Crippen molar-refractivity contribution in [1.82, 2.24) is 9.80 Å². The van der Waals surface area contributed by atoms with E-state index in [4.69, 9.17) is 0 Å². The largest absolute Gasteiger partial charge is 0.295 e. The van der Waals surface area contributed by atoms with Crippen LogP contribution in [0.5, 0.6) is 0 Å². The third kappa shape index (κ3) is 6.27. The van der Waals surface area contributed by atoms with Gasteiger partial charge >= 0.3 is 0 Å². The Kier molecular flexibility index (Phi) is 10.4. The van der Waals surface area contributed by atoms with Crippen LogP contribution in [0, 0.1) is 0 Å². The number of carbonyl (C=O) groups is 2. The summed E-state index contributed by atoms with van der Waals surface area (Å²) >= 11 is 10.6. The number of thiophene rings is 2. The van der Waals surface area contributed by atoms with Crippen LogP contribution in [0.4, 0.5) is 0 Å². The Balaban J connectivity index is 1.31. The summed E-state index contributed by atoms with van der Waals surface area (Å²) < 4.78 is 1.93. The molecule has 8 rings (SSSR count). The Hall–Kier alpha value is -3.30. The monoisotopic (exact) mass is 852 g/mol. The average Bonchev–Trinajstić information content (AvgIpc) is 3.99. The van der Waals surface area contributed by atoms with Gasteiger partial charge in [0, 0.05) is 0 Å². The molecule has 2 aliphatic carbocycles. The second-order valence-corrected chi connectivity index (χ2v) is 19.1. The number of hydrogen-bond donors (Lipinski definition) is 0. The quantitative estimate of drug-likeness (QED) is 0.119. The molecule has 2 aromatic heterocycles. The number of carbonyl (C=O) groups excluding carboxylic acids is 2. The van der Waals surface area contributed by atoms with Crippen molar-refractivity contribution in [1.29, 1.82) is 0 Å². The zero-order valence-electron chi connectivity index (χ0n) is 29.6. The van der Waals surface area contributed by atoms with Crippen LogP contribution < -0.4 is 0 Å². The van der Waals surface area contributed by atoms with Gasteiger partial charge in [0.2, 0.25) is 0 Å². The van der Waals surface area contributed by atoms with Gasteiger partial charge in [0.15, 0.2) is 0 Å². The molecule has 0 fully saturated rings. The van der Waals surface area contributed by atoms with Crippen LogP contribution in [0.1, 0.15) is 122 Å². The summed E-state index contributed by atoms with van der Waals surface area (Å²) in [7, 11) is 0. The van der Waals surface area contributed by atoms with Gasteiger partial charge in [-0.25, -0.2) is 0 Å². The standard InChI is InChI=1S/C44H42Br2N2O2S2/c1-3-5-7-9-17-29-25-27-15-11-13-19-31(27)39(29)47-41(33-21-23-35(45)51-33)37-38(43(47)49)42(34-22-24-36(46)52-34)48(44(37)50)40-30(18-10-8-6-4-2)26-28-16-12-14-20-32(28)40/h11-16,19-26,39-40H,3-10,17-18H2,1-2H3. The fourth-order valence-corrected chi connectivity index (χ4v) is 11.3. The zero-order chi connectivity index (χ0) is 35.9. The fraction of sp³-hybridized carbons (Fsp3) is 0.318. The number of hydrogen-bond acceptors (Lipinski definition) is 4. The average molecular weight is 855 g/mol. The van der Waals surface area contributed by atoms with Crippen LogP contribution in [0.25, 0.3) is 23.5 Å². The maximum absolute atomic E-state index is 15.6. The van der Waals surface area contributed by atoms with Crippen LogP contribution in [0.2, 0.25) is 0 Å². The lowest BCUT2D eigenvalue weighted by Gasteiger charge is -2.33. The van der Waals surface area contributed by atoms with Crippen molar-refractivity contribution in [3.63, 3.8) is 0 Å². The van der Waals surface area contributed by atoms with Gasteiger partial charge in [0.1, 0.15) is 0 Å². The lowest BCUT2D eigenvalue weighted by atomic mass is 9.96. The summed E-state index contributed by atoms with van der Waals surface area (Å²) in [6.45, 7) is 4.47.